The molecule has 0 spiro atoms. The second kappa shape index (κ2) is 7.19. The van der Waals surface area contributed by atoms with Gasteiger partial charge in [0.2, 0.25) is 0 Å². The molecule has 0 aliphatic carbocycles. The van der Waals surface area contributed by atoms with Gasteiger partial charge in [0.1, 0.15) is 0 Å². The minimum Gasteiger partial charge on any atom is -0.396 e. The number of aliphatic hydroxyl groups is 1. The molecule has 112 valence electrons. The lowest BCUT2D eigenvalue weighted by Crippen LogP contribution is -2.44. The summed E-state index contributed by atoms with van der Waals surface area (Å²) in [4.78, 5) is 11.7. The van der Waals surface area contributed by atoms with Crippen molar-refractivity contribution in [3.63, 3.8) is 0 Å². The summed E-state index contributed by atoms with van der Waals surface area (Å²) < 4.78 is 25.9. The quantitative estimate of drug-likeness (QED) is 0.778. The number of amides is 2. The number of urea groups is 1. The Labute approximate surface area is 117 Å². The van der Waals surface area contributed by atoms with Crippen molar-refractivity contribution in [2.45, 2.75) is 32.9 Å². The van der Waals surface area contributed by atoms with Gasteiger partial charge in [-0.05, 0) is 37.5 Å². The van der Waals surface area contributed by atoms with Crippen LogP contribution in [0.5, 0.6) is 0 Å². The zero-order chi connectivity index (χ0) is 15.3. The molecule has 3 atom stereocenters. The molecule has 2 amide bonds. The van der Waals surface area contributed by atoms with Gasteiger partial charge in [0.25, 0.3) is 0 Å². The predicted molar refractivity (Wildman–Crippen MR) is 72.2 cm³/mol. The van der Waals surface area contributed by atoms with Crippen LogP contribution in [0.4, 0.5) is 13.6 Å². The molecule has 0 aromatic heterocycles. The summed E-state index contributed by atoms with van der Waals surface area (Å²) in [7, 11) is 0. The molecule has 0 bridgehead atoms. The zero-order valence-electron chi connectivity index (χ0n) is 11.8. The van der Waals surface area contributed by atoms with Gasteiger partial charge in [0.05, 0.1) is 6.04 Å². The summed E-state index contributed by atoms with van der Waals surface area (Å²) in [6, 6.07) is 2.43. The highest BCUT2D eigenvalue weighted by Gasteiger charge is 2.16. The number of nitrogens with one attached hydrogen (secondary N) is 2. The summed E-state index contributed by atoms with van der Waals surface area (Å²) in [5.74, 6) is -1.94. The first-order valence-corrected chi connectivity index (χ1v) is 6.48. The first-order valence-electron chi connectivity index (χ1n) is 6.48. The summed E-state index contributed by atoms with van der Waals surface area (Å²) >= 11 is 0. The minimum atomic E-state index is -0.946. The molecule has 0 heterocycles. The summed E-state index contributed by atoms with van der Waals surface area (Å²) in [6.07, 6.45) is 0. The summed E-state index contributed by atoms with van der Waals surface area (Å²) in [5, 5.41) is 14.3. The van der Waals surface area contributed by atoms with E-state index in [0.29, 0.717) is 5.56 Å². The number of hydrogen-bond acceptors (Lipinski definition) is 2. The van der Waals surface area contributed by atoms with Gasteiger partial charge >= 0.3 is 6.03 Å². The standard InChI is InChI=1S/C14H20F2N2O2/c1-8(7-19)9(2)17-14(20)18-10(3)11-4-5-12(15)13(16)6-11/h4-6,8-10,19H,7H2,1-3H3,(H2,17,18,20). The van der Waals surface area contributed by atoms with E-state index in [1.54, 1.807) is 13.8 Å². The Hall–Kier alpha value is -1.69. The van der Waals surface area contributed by atoms with Crippen molar-refractivity contribution >= 4 is 6.03 Å². The third kappa shape index (κ3) is 4.45. The Morgan fingerprint density at radius 2 is 1.85 bits per heavy atom. The third-order valence-electron chi connectivity index (χ3n) is 3.29. The van der Waals surface area contributed by atoms with Gasteiger partial charge in [0.15, 0.2) is 11.6 Å². The van der Waals surface area contributed by atoms with E-state index in [2.05, 4.69) is 10.6 Å². The first kappa shape index (κ1) is 16.4. The number of rotatable bonds is 5. The Morgan fingerprint density at radius 1 is 1.20 bits per heavy atom. The van der Waals surface area contributed by atoms with E-state index >= 15 is 0 Å². The van der Waals surface area contributed by atoms with Crippen LogP contribution >= 0.6 is 0 Å². The lowest BCUT2D eigenvalue weighted by atomic mass is 10.1. The minimum absolute atomic E-state index is 0.0276. The topological polar surface area (TPSA) is 61.4 Å². The first-order chi connectivity index (χ1) is 9.35. The van der Waals surface area contributed by atoms with Gasteiger partial charge < -0.3 is 15.7 Å². The average molecular weight is 286 g/mol. The maximum absolute atomic E-state index is 13.1. The lowest BCUT2D eigenvalue weighted by molar-refractivity contribution is 0.199. The lowest BCUT2D eigenvalue weighted by Gasteiger charge is -2.21. The molecular weight excluding hydrogens is 266 g/mol. The molecule has 0 saturated carbocycles. The molecule has 0 saturated heterocycles. The molecule has 1 rings (SSSR count). The van der Waals surface area contributed by atoms with E-state index < -0.39 is 23.7 Å². The fourth-order valence-electron chi connectivity index (χ4n) is 1.61. The van der Waals surface area contributed by atoms with Gasteiger partial charge in [-0.25, -0.2) is 13.6 Å². The number of benzene rings is 1. The number of carbonyl (C=O) groups is 1. The monoisotopic (exact) mass is 286 g/mol. The highest BCUT2D eigenvalue weighted by atomic mass is 19.2. The number of halogens is 2. The Bertz CT molecular complexity index is 468. The Kier molecular flexibility index (Phi) is 5.88. The third-order valence-corrected chi connectivity index (χ3v) is 3.29. The Morgan fingerprint density at radius 3 is 2.40 bits per heavy atom. The van der Waals surface area contributed by atoms with Crippen LogP contribution in [-0.4, -0.2) is 23.8 Å². The SMILES string of the molecule is CC(NC(=O)NC(C)C(C)CO)c1ccc(F)c(F)c1. The van der Waals surface area contributed by atoms with E-state index in [1.165, 1.54) is 6.07 Å². The van der Waals surface area contributed by atoms with E-state index in [-0.39, 0.29) is 18.6 Å². The van der Waals surface area contributed by atoms with Gasteiger partial charge in [-0.3, -0.25) is 0 Å². The number of hydrogen-bond donors (Lipinski definition) is 3. The van der Waals surface area contributed by atoms with E-state index in [1.807, 2.05) is 6.92 Å². The highest BCUT2D eigenvalue weighted by Crippen LogP contribution is 2.15. The fourth-order valence-corrected chi connectivity index (χ4v) is 1.61. The number of aliphatic hydroxyl groups excluding tert-OH is 1. The van der Waals surface area contributed by atoms with Crippen LogP contribution in [0.25, 0.3) is 0 Å². The van der Waals surface area contributed by atoms with Crippen LogP contribution in [0, 0.1) is 17.6 Å². The molecule has 3 unspecified atom stereocenters. The van der Waals surface area contributed by atoms with Crippen LogP contribution in [0.3, 0.4) is 0 Å². The second-order valence-electron chi connectivity index (χ2n) is 4.96. The van der Waals surface area contributed by atoms with Crippen molar-refractivity contribution in [1.82, 2.24) is 10.6 Å². The fraction of sp³-hybridized carbons (Fsp3) is 0.500. The van der Waals surface area contributed by atoms with Crippen LogP contribution in [0.1, 0.15) is 32.4 Å². The molecule has 3 N–H and O–H groups in total. The van der Waals surface area contributed by atoms with Gasteiger partial charge in [-0.15, -0.1) is 0 Å². The predicted octanol–water partition coefficient (Wildman–Crippen LogP) is 2.34. The molecular formula is C14H20F2N2O2. The summed E-state index contributed by atoms with van der Waals surface area (Å²) in [6.45, 7) is 5.24. The molecule has 4 nitrogen and oxygen atoms in total. The van der Waals surface area contributed by atoms with Crippen LogP contribution in [-0.2, 0) is 0 Å². The number of carbonyl (C=O) groups excluding carboxylic acids is 1. The van der Waals surface area contributed by atoms with E-state index in [0.717, 1.165) is 12.1 Å². The van der Waals surface area contributed by atoms with Gasteiger partial charge in [-0.2, -0.15) is 0 Å². The molecule has 1 aromatic rings. The van der Waals surface area contributed by atoms with E-state index in [4.69, 9.17) is 5.11 Å². The van der Waals surface area contributed by atoms with Crippen molar-refractivity contribution in [2.75, 3.05) is 6.61 Å². The van der Waals surface area contributed by atoms with Crippen LogP contribution in [0.15, 0.2) is 18.2 Å². The van der Waals surface area contributed by atoms with Crippen molar-refractivity contribution in [1.29, 1.82) is 0 Å². The molecule has 1 aromatic carbocycles. The maximum Gasteiger partial charge on any atom is 0.315 e. The second-order valence-corrected chi connectivity index (χ2v) is 4.96. The average Bonchev–Trinajstić information content (AvgIpc) is 2.40. The van der Waals surface area contributed by atoms with E-state index in [9.17, 15) is 13.6 Å². The van der Waals surface area contributed by atoms with Gasteiger partial charge in [0, 0.05) is 12.6 Å². The highest BCUT2D eigenvalue weighted by molar-refractivity contribution is 5.74. The molecule has 6 heteroatoms. The zero-order valence-corrected chi connectivity index (χ0v) is 11.8. The van der Waals surface area contributed by atoms with Crippen molar-refractivity contribution in [3.8, 4) is 0 Å². The van der Waals surface area contributed by atoms with Crippen molar-refractivity contribution in [3.05, 3.63) is 35.4 Å². The van der Waals surface area contributed by atoms with Gasteiger partial charge in [-0.1, -0.05) is 13.0 Å². The Balaban J connectivity index is 2.59. The van der Waals surface area contributed by atoms with Crippen LogP contribution < -0.4 is 10.6 Å². The van der Waals surface area contributed by atoms with Crippen molar-refractivity contribution in [2.24, 2.45) is 5.92 Å². The molecule has 0 radical (unpaired) electrons. The molecule has 0 aliphatic heterocycles. The summed E-state index contributed by atoms with van der Waals surface area (Å²) in [5.41, 5.74) is 0.474. The smallest absolute Gasteiger partial charge is 0.315 e. The van der Waals surface area contributed by atoms with Crippen LogP contribution in [0.2, 0.25) is 0 Å². The largest absolute Gasteiger partial charge is 0.396 e. The van der Waals surface area contributed by atoms with Crippen molar-refractivity contribution < 1.29 is 18.7 Å². The normalized spacial score (nSPS) is 15.3. The molecule has 20 heavy (non-hydrogen) atoms. The maximum atomic E-state index is 13.1. The molecule has 0 aliphatic rings. The molecule has 0 fully saturated rings.